The van der Waals surface area contributed by atoms with Crippen LogP contribution in [0.1, 0.15) is 29.4 Å². The van der Waals surface area contributed by atoms with Crippen LogP contribution >= 0.6 is 11.3 Å². The quantitative estimate of drug-likeness (QED) is 0.719. The number of carbonyl (C=O) groups excluding carboxylic acids is 1. The first-order valence-electron chi connectivity index (χ1n) is 6.71. The number of nitrogens with two attached hydrogens (primary N) is 2. The van der Waals surface area contributed by atoms with Crippen LogP contribution in [0, 0.1) is 0 Å². The number of piperidine rings is 1. The molecule has 0 saturated carbocycles. The number of aromatic nitrogens is 1. The molecule has 1 fully saturated rings. The van der Waals surface area contributed by atoms with Gasteiger partial charge in [-0.15, -0.1) is 6.58 Å². The van der Waals surface area contributed by atoms with Crippen molar-refractivity contribution in [3.8, 4) is 0 Å². The zero-order chi connectivity index (χ0) is 14.7. The van der Waals surface area contributed by atoms with Crippen molar-refractivity contribution in [3.05, 3.63) is 17.5 Å². The van der Waals surface area contributed by atoms with Crippen LogP contribution in [0.15, 0.2) is 12.7 Å². The molecule has 1 aliphatic rings. The highest BCUT2D eigenvalue weighted by Gasteiger charge is 2.23. The fourth-order valence-corrected chi connectivity index (χ4v) is 3.06. The second kappa shape index (κ2) is 6.23. The summed E-state index contributed by atoms with van der Waals surface area (Å²) in [6.45, 7) is 7.16. The lowest BCUT2D eigenvalue weighted by Crippen LogP contribution is -2.42. The van der Waals surface area contributed by atoms with Crippen LogP contribution in [0.3, 0.4) is 0 Å². The Morgan fingerprint density at radius 2 is 2.45 bits per heavy atom. The van der Waals surface area contributed by atoms with Crippen molar-refractivity contribution in [2.45, 2.75) is 31.8 Å². The Morgan fingerprint density at radius 3 is 3.10 bits per heavy atom. The molecule has 0 bridgehead atoms. The van der Waals surface area contributed by atoms with Crippen molar-refractivity contribution in [1.82, 2.24) is 10.3 Å². The maximum Gasteiger partial charge on any atom is 0.265 e. The fraction of sp³-hybridized carbons (Fsp3) is 0.538. The summed E-state index contributed by atoms with van der Waals surface area (Å²) in [5.74, 6) is 0.0675. The van der Waals surface area contributed by atoms with E-state index in [1.807, 2.05) is 6.92 Å². The van der Waals surface area contributed by atoms with Crippen molar-refractivity contribution < 1.29 is 4.79 Å². The van der Waals surface area contributed by atoms with Crippen LogP contribution in [-0.4, -0.2) is 36.1 Å². The predicted molar refractivity (Wildman–Crippen MR) is 83.1 cm³/mol. The molecule has 0 spiro atoms. The van der Waals surface area contributed by atoms with Crippen LogP contribution in [0.2, 0.25) is 0 Å². The molecular weight excluding hydrogens is 274 g/mol. The normalized spacial score (nSPS) is 20.5. The van der Waals surface area contributed by atoms with Gasteiger partial charge in [0, 0.05) is 25.2 Å². The third-order valence-electron chi connectivity index (χ3n) is 3.29. The van der Waals surface area contributed by atoms with Crippen molar-refractivity contribution >= 4 is 28.2 Å². The van der Waals surface area contributed by atoms with Crippen LogP contribution < -0.4 is 21.7 Å². The molecule has 0 aliphatic carbocycles. The average Bonchev–Trinajstić information content (AvgIpc) is 2.80. The number of carbonyl (C=O) groups is 1. The number of rotatable bonds is 4. The number of thiazole rings is 1. The van der Waals surface area contributed by atoms with Crippen molar-refractivity contribution in [2.75, 3.05) is 23.7 Å². The average molecular weight is 295 g/mol. The molecule has 1 amide bonds. The van der Waals surface area contributed by atoms with E-state index in [-0.39, 0.29) is 23.8 Å². The molecule has 1 aromatic heterocycles. The van der Waals surface area contributed by atoms with Gasteiger partial charge in [-0.05, 0) is 19.8 Å². The van der Waals surface area contributed by atoms with E-state index in [0.717, 1.165) is 31.1 Å². The number of anilines is 2. The molecule has 2 atom stereocenters. The number of nitrogen functional groups attached to an aromatic ring is 1. The molecule has 110 valence electrons. The topological polar surface area (TPSA) is 97.3 Å². The van der Waals surface area contributed by atoms with E-state index >= 15 is 0 Å². The van der Waals surface area contributed by atoms with Gasteiger partial charge in [0.1, 0.15) is 10.7 Å². The summed E-state index contributed by atoms with van der Waals surface area (Å²) in [4.78, 5) is 18.9. The summed E-state index contributed by atoms with van der Waals surface area (Å²) in [6, 6.07) is 0.0581. The first-order valence-corrected chi connectivity index (χ1v) is 7.53. The molecule has 0 aromatic carbocycles. The summed E-state index contributed by atoms with van der Waals surface area (Å²) in [7, 11) is 0. The molecule has 2 rings (SSSR count). The van der Waals surface area contributed by atoms with Crippen molar-refractivity contribution in [2.24, 2.45) is 5.73 Å². The maximum absolute atomic E-state index is 12.1. The minimum absolute atomic E-state index is 0.101. The Bertz CT molecular complexity index is 501. The highest BCUT2D eigenvalue weighted by molar-refractivity contribution is 7.18. The van der Waals surface area contributed by atoms with E-state index in [9.17, 15) is 4.79 Å². The molecule has 6 nitrogen and oxygen atoms in total. The SMILES string of the molecule is C=CC(C)NC(=O)c1sc(N2CCCC(N)C2)nc1N. The van der Waals surface area contributed by atoms with Crippen LogP contribution in [0.25, 0.3) is 0 Å². The van der Waals surface area contributed by atoms with Crippen molar-refractivity contribution in [3.63, 3.8) is 0 Å². The number of amides is 1. The molecule has 20 heavy (non-hydrogen) atoms. The zero-order valence-electron chi connectivity index (χ0n) is 11.6. The third kappa shape index (κ3) is 3.29. The highest BCUT2D eigenvalue weighted by Crippen LogP contribution is 2.29. The standard InChI is InChI=1S/C13H21N5OS/c1-3-8(2)16-12(19)10-11(15)17-13(20-10)18-6-4-5-9(14)7-18/h3,8-9H,1,4-7,14-15H2,2H3,(H,16,19). The number of nitrogens with zero attached hydrogens (tertiary/aromatic N) is 2. The molecule has 2 heterocycles. The first kappa shape index (κ1) is 14.8. The number of hydrogen-bond donors (Lipinski definition) is 3. The van der Waals surface area contributed by atoms with E-state index in [4.69, 9.17) is 11.5 Å². The first-order chi connectivity index (χ1) is 9.51. The minimum atomic E-state index is -0.208. The Labute approximate surface area is 122 Å². The Balaban J connectivity index is 2.12. The van der Waals surface area contributed by atoms with Crippen LogP contribution in [-0.2, 0) is 0 Å². The van der Waals surface area contributed by atoms with Gasteiger partial charge in [-0.25, -0.2) is 4.98 Å². The largest absolute Gasteiger partial charge is 0.382 e. The lowest BCUT2D eigenvalue weighted by atomic mass is 10.1. The number of hydrogen-bond acceptors (Lipinski definition) is 6. The number of nitrogens with one attached hydrogen (secondary N) is 1. The monoisotopic (exact) mass is 295 g/mol. The van der Waals surface area contributed by atoms with Gasteiger partial charge in [-0.2, -0.15) is 0 Å². The summed E-state index contributed by atoms with van der Waals surface area (Å²) in [5.41, 5.74) is 11.8. The summed E-state index contributed by atoms with van der Waals surface area (Å²) in [6.07, 6.45) is 3.73. The van der Waals surface area contributed by atoms with E-state index in [1.54, 1.807) is 6.08 Å². The highest BCUT2D eigenvalue weighted by atomic mass is 32.1. The molecule has 2 unspecified atom stereocenters. The summed E-state index contributed by atoms with van der Waals surface area (Å²) in [5, 5.41) is 3.57. The molecule has 1 aliphatic heterocycles. The molecule has 1 saturated heterocycles. The van der Waals surface area contributed by atoms with Gasteiger partial charge in [-0.3, -0.25) is 4.79 Å². The van der Waals surface area contributed by atoms with Crippen LogP contribution in [0.4, 0.5) is 10.9 Å². The maximum atomic E-state index is 12.1. The molecular formula is C13H21N5OS. The molecule has 5 N–H and O–H groups in total. The predicted octanol–water partition coefficient (Wildman–Crippen LogP) is 0.957. The van der Waals surface area contributed by atoms with Gasteiger partial charge in [0.05, 0.1) is 0 Å². The molecule has 7 heteroatoms. The van der Waals surface area contributed by atoms with Crippen LogP contribution in [0.5, 0.6) is 0 Å². The minimum Gasteiger partial charge on any atom is -0.382 e. The van der Waals surface area contributed by atoms with E-state index < -0.39 is 0 Å². The summed E-state index contributed by atoms with van der Waals surface area (Å²) >= 11 is 1.32. The smallest absolute Gasteiger partial charge is 0.265 e. The molecule has 0 radical (unpaired) electrons. The van der Waals surface area contributed by atoms with Gasteiger partial charge >= 0.3 is 0 Å². The molecule has 1 aromatic rings. The second-order valence-electron chi connectivity index (χ2n) is 5.06. The Morgan fingerprint density at radius 1 is 1.70 bits per heavy atom. The Kier molecular flexibility index (Phi) is 4.61. The van der Waals surface area contributed by atoms with Gasteiger partial charge < -0.3 is 21.7 Å². The third-order valence-corrected chi connectivity index (χ3v) is 4.42. The summed E-state index contributed by atoms with van der Waals surface area (Å²) < 4.78 is 0. The zero-order valence-corrected chi connectivity index (χ0v) is 12.4. The lowest BCUT2D eigenvalue weighted by Gasteiger charge is -2.30. The van der Waals surface area contributed by atoms with Gasteiger partial charge in [0.2, 0.25) is 0 Å². The fourth-order valence-electron chi connectivity index (χ4n) is 2.13. The lowest BCUT2D eigenvalue weighted by molar-refractivity contribution is 0.0951. The van der Waals surface area contributed by atoms with Gasteiger partial charge in [-0.1, -0.05) is 17.4 Å². The van der Waals surface area contributed by atoms with Gasteiger partial charge in [0.15, 0.2) is 5.13 Å². The van der Waals surface area contributed by atoms with Gasteiger partial charge in [0.25, 0.3) is 5.91 Å². The van der Waals surface area contributed by atoms with E-state index in [2.05, 4.69) is 21.8 Å². The van der Waals surface area contributed by atoms with E-state index in [0.29, 0.717) is 4.88 Å². The Hall–Kier alpha value is -1.60. The second-order valence-corrected chi connectivity index (χ2v) is 6.03. The van der Waals surface area contributed by atoms with Crippen molar-refractivity contribution in [1.29, 1.82) is 0 Å². The van der Waals surface area contributed by atoms with E-state index in [1.165, 1.54) is 11.3 Å².